The summed E-state index contributed by atoms with van der Waals surface area (Å²) in [5, 5.41) is 6.11. The van der Waals surface area contributed by atoms with Gasteiger partial charge in [-0.2, -0.15) is 0 Å². The smallest absolute Gasteiger partial charge is 0.164 e. The molecule has 10 rings (SSSR count). The van der Waals surface area contributed by atoms with Crippen molar-refractivity contribution in [2.45, 2.75) is 0 Å². The topological polar surface area (TPSA) is 38.7 Å². The molecule has 242 valence electrons. The highest BCUT2D eigenvalue weighted by molar-refractivity contribution is 6.08. The molecule has 0 spiro atoms. The van der Waals surface area contributed by atoms with Crippen LogP contribution >= 0.6 is 0 Å². The molecular formula is C49H31N3. The van der Waals surface area contributed by atoms with Gasteiger partial charge in [0, 0.05) is 16.7 Å². The maximum atomic E-state index is 9.11. The van der Waals surface area contributed by atoms with Gasteiger partial charge in [0.2, 0.25) is 0 Å². The Labute approximate surface area is 311 Å². The Kier molecular flexibility index (Phi) is 5.60. The number of hydrogen-bond donors (Lipinski definition) is 0. The lowest BCUT2D eigenvalue weighted by atomic mass is 9.97. The third-order valence-electron chi connectivity index (χ3n) is 9.58. The summed E-state index contributed by atoms with van der Waals surface area (Å²) in [7, 11) is 0. The first kappa shape index (κ1) is 23.4. The summed E-state index contributed by atoms with van der Waals surface area (Å²) < 4.78 is 61.0. The monoisotopic (exact) mass is 668 g/mol. The molecule has 0 bridgehead atoms. The highest BCUT2D eigenvalue weighted by Crippen LogP contribution is 2.34. The first-order valence-electron chi connectivity index (χ1n) is 20.5. The third kappa shape index (κ3) is 5.37. The molecular weight excluding hydrogens is 631 g/mol. The molecule has 0 saturated heterocycles. The van der Waals surface area contributed by atoms with Gasteiger partial charge in [-0.1, -0.05) is 164 Å². The Balaban J connectivity index is 1.18. The Bertz CT molecular complexity index is 3360. The van der Waals surface area contributed by atoms with E-state index < -0.39 is 42.3 Å². The molecule has 1 heterocycles. The van der Waals surface area contributed by atoms with Crippen LogP contribution in [-0.4, -0.2) is 15.0 Å². The fourth-order valence-electron chi connectivity index (χ4n) is 6.94. The van der Waals surface area contributed by atoms with Crippen LogP contribution in [0.1, 0.15) is 9.60 Å². The Morgan fingerprint density at radius 3 is 1.69 bits per heavy atom. The van der Waals surface area contributed by atoms with Crippen LogP contribution in [0.2, 0.25) is 0 Å². The van der Waals surface area contributed by atoms with E-state index in [1.54, 1.807) is 0 Å². The van der Waals surface area contributed by atoms with E-state index in [-0.39, 0.29) is 33.8 Å². The molecule has 1 aromatic heterocycles. The summed E-state index contributed by atoms with van der Waals surface area (Å²) in [5.41, 5.74) is 5.46. The second-order valence-electron chi connectivity index (χ2n) is 12.8. The Morgan fingerprint density at radius 2 is 0.865 bits per heavy atom. The van der Waals surface area contributed by atoms with Gasteiger partial charge in [0.25, 0.3) is 0 Å². The highest BCUT2D eigenvalue weighted by atomic mass is 15.0. The van der Waals surface area contributed by atoms with Crippen molar-refractivity contribution in [3.8, 4) is 56.4 Å². The van der Waals surface area contributed by atoms with E-state index in [1.807, 2.05) is 72.8 Å². The number of fused-ring (bicyclic) bond motifs is 5. The van der Waals surface area contributed by atoms with E-state index in [0.717, 1.165) is 54.6 Å². The minimum atomic E-state index is -0.526. The molecule has 0 atom stereocenters. The lowest BCUT2D eigenvalue weighted by Gasteiger charge is -2.12. The standard InChI is InChI=1S/C49H31N3/c1-2-10-32(11-3-1)37-23-24-40-29-38(25-26-39(40)28-37)36-15-8-16-41(30-36)47-50-48(52-49(51-47)45-19-9-14-33-12-4-6-17-43(33)45)42-27-22-35-21-20-34-13-5-7-18-44(34)46(35)31-42/h1-31H/i4D,6D,9D,12D,14D,17D,19D. The highest BCUT2D eigenvalue weighted by Gasteiger charge is 2.16. The summed E-state index contributed by atoms with van der Waals surface area (Å²) in [4.78, 5) is 14.8. The van der Waals surface area contributed by atoms with Gasteiger partial charge in [0.1, 0.15) is 0 Å². The zero-order valence-corrected chi connectivity index (χ0v) is 27.7. The van der Waals surface area contributed by atoms with Crippen molar-refractivity contribution >= 4 is 43.1 Å². The summed E-state index contributed by atoms with van der Waals surface area (Å²) in [5.74, 6) is 0.509. The van der Waals surface area contributed by atoms with Gasteiger partial charge < -0.3 is 0 Å². The molecule has 0 unspecified atom stereocenters. The molecule has 0 saturated carbocycles. The van der Waals surface area contributed by atoms with Gasteiger partial charge >= 0.3 is 0 Å². The number of rotatable bonds is 5. The van der Waals surface area contributed by atoms with Crippen LogP contribution in [0.15, 0.2) is 188 Å². The number of hydrogen-bond acceptors (Lipinski definition) is 3. The van der Waals surface area contributed by atoms with Crippen LogP contribution in [0, 0.1) is 0 Å². The molecule has 3 nitrogen and oxygen atoms in total. The van der Waals surface area contributed by atoms with E-state index in [2.05, 4.69) is 72.8 Å². The van der Waals surface area contributed by atoms with E-state index in [4.69, 9.17) is 24.5 Å². The van der Waals surface area contributed by atoms with Gasteiger partial charge in [-0.25, -0.2) is 15.0 Å². The van der Waals surface area contributed by atoms with Crippen molar-refractivity contribution in [1.82, 2.24) is 15.0 Å². The molecule has 0 fully saturated rings. The Morgan fingerprint density at radius 1 is 0.308 bits per heavy atom. The van der Waals surface area contributed by atoms with Gasteiger partial charge in [-0.15, -0.1) is 0 Å². The maximum Gasteiger partial charge on any atom is 0.164 e. The molecule has 0 aliphatic carbocycles. The molecule has 0 aliphatic rings. The summed E-state index contributed by atoms with van der Waals surface area (Å²) in [6.45, 7) is 0. The van der Waals surface area contributed by atoms with Crippen molar-refractivity contribution in [3.05, 3.63) is 188 Å². The Hall–Kier alpha value is -6.97. The first-order chi connectivity index (χ1) is 28.6. The van der Waals surface area contributed by atoms with Crippen molar-refractivity contribution < 1.29 is 9.60 Å². The zero-order valence-electron chi connectivity index (χ0n) is 34.7. The predicted octanol–water partition coefficient (Wildman–Crippen LogP) is 12.8. The summed E-state index contributed by atoms with van der Waals surface area (Å²) in [6.07, 6.45) is 0. The summed E-state index contributed by atoms with van der Waals surface area (Å²) in [6, 6.07) is 45.8. The predicted molar refractivity (Wildman–Crippen MR) is 217 cm³/mol. The molecule has 0 aliphatic heterocycles. The third-order valence-corrected chi connectivity index (χ3v) is 9.58. The van der Waals surface area contributed by atoms with Gasteiger partial charge in [0.05, 0.1) is 9.60 Å². The van der Waals surface area contributed by atoms with Gasteiger partial charge in [-0.3, -0.25) is 0 Å². The SMILES string of the molecule is [2H]c1c([2H])c([2H])c2c(-c3nc(-c4cccc(-c5ccc6cc(-c7ccccc7)ccc6c5)c4)nc(-c4ccc5ccc6ccccc6c5c4)n3)c([2H])c([2H])c([2H])c2c1[2H]. The second-order valence-corrected chi connectivity index (χ2v) is 12.8. The molecule has 0 amide bonds. The minimum absolute atomic E-state index is 0.0399. The quantitative estimate of drug-likeness (QED) is 0.171. The van der Waals surface area contributed by atoms with Crippen molar-refractivity contribution in [1.29, 1.82) is 0 Å². The van der Waals surface area contributed by atoms with E-state index >= 15 is 0 Å². The number of benzene rings is 9. The van der Waals surface area contributed by atoms with Gasteiger partial charge in [-0.05, 0) is 89.6 Å². The average molecular weight is 669 g/mol. The normalized spacial score (nSPS) is 13.3. The van der Waals surface area contributed by atoms with Crippen molar-refractivity contribution in [3.63, 3.8) is 0 Å². The molecule has 3 heteroatoms. The molecule has 0 radical (unpaired) electrons. The maximum absolute atomic E-state index is 9.11. The van der Waals surface area contributed by atoms with Crippen LogP contribution < -0.4 is 0 Å². The minimum Gasteiger partial charge on any atom is -0.208 e. The van der Waals surface area contributed by atoms with Crippen LogP contribution in [0.3, 0.4) is 0 Å². The van der Waals surface area contributed by atoms with Crippen LogP contribution in [0.4, 0.5) is 0 Å². The average Bonchev–Trinajstić information content (AvgIpc) is 3.28. The molecule has 10 aromatic rings. The lowest BCUT2D eigenvalue weighted by Crippen LogP contribution is -2.00. The number of aromatic nitrogens is 3. The van der Waals surface area contributed by atoms with Crippen LogP contribution in [-0.2, 0) is 0 Å². The first-order valence-corrected chi connectivity index (χ1v) is 17.0. The summed E-state index contributed by atoms with van der Waals surface area (Å²) >= 11 is 0. The van der Waals surface area contributed by atoms with Crippen molar-refractivity contribution in [2.24, 2.45) is 0 Å². The van der Waals surface area contributed by atoms with Gasteiger partial charge in [0.15, 0.2) is 17.5 Å². The molecule has 9 aromatic carbocycles. The van der Waals surface area contributed by atoms with E-state index in [9.17, 15) is 0 Å². The lowest BCUT2D eigenvalue weighted by molar-refractivity contribution is 1.08. The van der Waals surface area contributed by atoms with Crippen LogP contribution in [0.25, 0.3) is 99.5 Å². The van der Waals surface area contributed by atoms with Crippen LogP contribution in [0.5, 0.6) is 0 Å². The fourth-order valence-corrected chi connectivity index (χ4v) is 6.94. The largest absolute Gasteiger partial charge is 0.208 e. The van der Waals surface area contributed by atoms with Crippen molar-refractivity contribution in [2.75, 3.05) is 0 Å². The fraction of sp³-hybridized carbons (Fsp3) is 0. The molecule has 0 N–H and O–H groups in total. The molecule has 52 heavy (non-hydrogen) atoms. The van der Waals surface area contributed by atoms with E-state index in [1.165, 1.54) is 0 Å². The van der Waals surface area contributed by atoms with E-state index in [0.29, 0.717) is 11.1 Å². The second kappa shape index (κ2) is 12.4. The number of nitrogens with zero attached hydrogens (tertiary/aromatic N) is 3. The zero-order chi connectivity index (χ0) is 40.5.